The van der Waals surface area contributed by atoms with Gasteiger partial charge in [-0.15, -0.1) is 0 Å². The van der Waals surface area contributed by atoms with Gasteiger partial charge in [0, 0.05) is 30.5 Å². The van der Waals surface area contributed by atoms with Crippen molar-refractivity contribution >= 4 is 44.4 Å². The van der Waals surface area contributed by atoms with Gasteiger partial charge >= 0.3 is 6.03 Å². The van der Waals surface area contributed by atoms with Gasteiger partial charge in [-0.05, 0) is 36.5 Å². The number of β-amino-alcohol motifs (C(OH)–C–C–N with tert-alkyl or cyclic N) is 1. The highest BCUT2D eigenvalue weighted by Gasteiger charge is 2.28. The summed E-state index contributed by atoms with van der Waals surface area (Å²) in [5, 5.41) is 24.4. The average molecular weight is 564 g/mol. The van der Waals surface area contributed by atoms with Gasteiger partial charge in [0.15, 0.2) is 0 Å². The SMILES string of the molecule is NC(=O)c1c(OCc2c(F)cc(Br)cc2F)nsc1NC(=O)NCCCCN1CC(O)CC1O. The van der Waals surface area contributed by atoms with Gasteiger partial charge in [0.25, 0.3) is 5.91 Å². The summed E-state index contributed by atoms with van der Waals surface area (Å²) in [7, 11) is 0. The zero-order chi connectivity index (χ0) is 24.8. The first-order chi connectivity index (χ1) is 16.2. The fourth-order valence-electron chi connectivity index (χ4n) is 3.42. The van der Waals surface area contributed by atoms with E-state index in [1.54, 1.807) is 4.90 Å². The number of nitrogens with two attached hydrogens (primary N) is 1. The standard InChI is InChI=1S/C20H24BrF2N5O5S/c21-10-5-13(22)12(14(23)6-10)9-33-18-16(17(24)31)19(34-27-18)26-20(32)25-3-1-2-4-28-8-11(29)7-15(28)30/h5-6,11,15,29-30H,1-4,7-9H2,(H2,24,31)(H2,25,26,32). The highest BCUT2D eigenvalue weighted by molar-refractivity contribution is 9.10. The van der Waals surface area contributed by atoms with E-state index in [0.29, 0.717) is 38.9 Å². The number of hydrogen-bond acceptors (Lipinski definition) is 8. The van der Waals surface area contributed by atoms with E-state index in [1.165, 1.54) is 0 Å². The number of rotatable bonds is 10. The molecule has 1 aliphatic heterocycles. The van der Waals surface area contributed by atoms with Crippen molar-refractivity contribution in [2.45, 2.75) is 38.2 Å². The number of urea groups is 1. The molecule has 6 N–H and O–H groups in total. The molecule has 2 unspecified atom stereocenters. The lowest BCUT2D eigenvalue weighted by atomic mass is 10.2. The van der Waals surface area contributed by atoms with E-state index in [-0.39, 0.29) is 26.5 Å². The number of aliphatic hydroxyl groups excluding tert-OH is 2. The molecule has 186 valence electrons. The first-order valence-electron chi connectivity index (χ1n) is 10.4. The normalized spacial score (nSPS) is 18.1. The van der Waals surface area contributed by atoms with Gasteiger partial charge in [-0.25, -0.2) is 13.6 Å². The molecule has 1 saturated heterocycles. The van der Waals surface area contributed by atoms with Crippen LogP contribution in [0.3, 0.4) is 0 Å². The minimum absolute atomic E-state index is 0.0333. The maximum Gasteiger partial charge on any atom is 0.319 e. The second kappa shape index (κ2) is 11.8. The minimum atomic E-state index is -0.929. The second-order valence-corrected chi connectivity index (χ2v) is 9.33. The molecule has 0 saturated carbocycles. The van der Waals surface area contributed by atoms with Crippen molar-refractivity contribution in [2.75, 3.05) is 25.0 Å². The van der Waals surface area contributed by atoms with Gasteiger partial charge < -0.3 is 26.0 Å². The fourth-order valence-corrected chi connectivity index (χ4v) is 4.55. The fraction of sp³-hybridized carbons (Fsp3) is 0.450. The van der Waals surface area contributed by atoms with Crippen molar-refractivity contribution < 1.29 is 33.3 Å². The maximum absolute atomic E-state index is 14.0. The molecule has 2 atom stereocenters. The van der Waals surface area contributed by atoms with Crippen molar-refractivity contribution in [3.05, 3.63) is 39.4 Å². The number of ether oxygens (including phenoxy) is 1. The van der Waals surface area contributed by atoms with Gasteiger partial charge in [0.1, 0.15) is 35.0 Å². The van der Waals surface area contributed by atoms with Crippen LogP contribution in [0.4, 0.5) is 18.6 Å². The van der Waals surface area contributed by atoms with Crippen LogP contribution in [0.1, 0.15) is 35.2 Å². The third-order valence-electron chi connectivity index (χ3n) is 5.10. The monoisotopic (exact) mass is 563 g/mol. The summed E-state index contributed by atoms with van der Waals surface area (Å²) in [4.78, 5) is 25.9. The molecule has 1 aliphatic rings. The number of hydrogen-bond donors (Lipinski definition) is 5. The second-order valence-electron chi connectivity index (χ2n) is 7.65. The molecule has 0 radical (unpaired) electrons. The van der Waals surface area contributed by atoms with Crippen LogP contribution < -0.4 is 21.1 Å². The Morgan fingerprint density at radius 1 is 1.29 bits per heavy atom. The maximum atomic E-state index is 14.0. The van der Waals surface area contributed by atoms with Gasteiger partial charge in [-0.3, -0.25) is 15.0 Å². The highest BCUT2D eigenvalue weighted by atomic mass is 79.9. The molecular formula is C20H24BrF2N5O5S. The molecule has 0 aliphatic carbocycles. The summed E-state index contributed by atoms with van der Waals surface area (Å²) >= 11 is 3.73. The predicted octanol–water partition coefficient (Wildman–Crippen LogP) is 2.15. The van der Waals surface area contributed by atoms with Crippen LogP contribution in [0, 0.1) is 11.6 Å². The van der Waals surface area contributed by atoms with Crippen LogP contribution in [0.2, 0.25) is 0 Å². The molecule has 34 heavy (non-hydrogen) atoms. The van der Waals surface area contributed by atoms with Crippen molar-refractivity contribution in [1.29, 1.82) is 0 Å². The smallest absolute Gasteiger partial charge is 0.319 e. The van der Waals surface area contributed by atoms with E-state index in [4.69, 9.17) is 10.5 Å². The number of unbranched alkanes of at least 4 members (excludes halogenated alkanes) is 1. The molecule has 2 heterocycles. The summed E-state index contributed by atoms with van der Waals surface area (Å²) in [5.41, 5.74) is 4.82. The third-order valence-corrected chi connectivity index (χ3v) is 6.30. The first kappa shape index (κ1) is 26.2. The van der Waals surface area contributed by atoms with Crippen LogP contribution in [0.15, 0.2) is 16.6 Å². The number of primary amides is 1. The van der Waals surface area contributed by atoms with E-state index in [2.05, 4.69) is 30.9 Å². The Balaban J connectivity index is 1.50. The van der Waals surface area contributed by atoms with Gasteiger partial charge in [0.2, 0.25) is 5.88 Å². The number of likely N-dealkylation sites (tertiary alicyclic amines) is 1. The molecule has 0 bridgehead atoms. The molecule has 1 aromatic heterocycles. The summed E-state index contributed by atoms with van der Waals surface area (Å²) in [6, 6.07) is 1.55. The third kappa shape index (κ3) is 6.82. The topological polar surface area (TPSA) is 150 Å². The zero-order valence-corrected chi connectivity index (χ0v) is 20.3. The number of nitrogens with zero attached hydrogens (tertiary/aromatic N) is 2. The molecule has 0 spiro atoms. The molecule has 3 amide bonds. The molecule has 1 aromatic carbocycles. The Hall–Kier alpha value is -2.39. The molecular weight excluding hydrogens is 540 g/mol. The Morgan fingerprint density at radius 3 is 2.62 bits per heavy atom. The molecule has 3 rings (SSSR count). The zero-order valence-electron chi connectivity index (χ0n) is 17.9. The quantitative estimate of drug-likeness (QED) is 0.278. The molecule has 10 nitrogen and oxygen atoms in total. The van der Waals surface area contributed by atoms with Crippen molar-refractivity contribution in [3.63, 3.8) is 0 Å². The van der Waals surface area contributed by atoms with Crippen molar-refractivity contribution in [1.82, 2.24) is 14.6 Å². The van der Waals surface area contributed by atoms with Crippen LogP contribution in [0.5, 0.6) is 5.88 Å². The summed E-state index contributed by atoms with van der Waals surface area (Å²) in [5.74, 6) is -2.85. The number of halogens is 3. The van der Waals surface area contributed by atoms with Crippen molar-refractivity contribution in [2.24, 2.45) is 5.73 Å². The van der Waals surface area contributed by atoms with Crippen molar-refractivity contribution in [3.8, 4) is 5.88 Å². The summed E-state index contributed by atoms with van der Waals surface area (Å²) in [6.07, 6.45) is 0.462. The Kier molecular flexibility index (Phi) is 9.13. The van der Waals surface area contributed by atoms with Gasteiger partial charge in [-0.2, -0.15) is 4.37 Å². The Labute approximate surface area is 206 Å². The molecule has 1 fully saturated rings. The number of aromatic nitrogens is 1. The average Bonchev–Trinajstić information content (AvgIpc) is 3.28. The Morgan fingerprint density at radius 2 is 2.00 bits per heavy atom. The predicted molar refractivity (Wildman–Crippen MR) is 123 cm³/mol. The Bertz CT molecular complexity index is 1020. The lowest BCUT2D eigenvalue weighted by Gasteiger charge is -2.19. The van der Waals surface area contributed by atoms with E-state index in [9.17, 15) is 28.6 Å². The van der Waals surface area contributed by atoms with Gasteiger partial charge in [-0.1, -0.05) is 15.9 Å². The largest absolute Gasteiger partial charge is 0.471 e. The summed E-state index contributed by atoms with van der Waals surface area (Å²) < 4.78 is 37.5. The highest BCUT2D eigenvalue weighted by Crippen LogP contribution is 2.31. The lowest BCUT2D eigenvalue weighted by molar-refractivity contribution is 0.0371. The van der Waals surface area contributed by atoms with Crippen LogP contribution in [0.25, 0.3) is 0 Å². The summed E-state index contributed by atoms with van der Waals surface area (Å²) in [6.45, 7) is 0.794. The number of amides is 3. The van der Waals surface area contributed by atoms with E-state index in [1.807, 2.05) is 0 Å². The minimum Gasteiger partial charge on any atom is -0.471 e. The number of anilines is 1. The van der Waals surface area contributed by atoms with E-state index >= 15 is 0 Å². The van der Waals surface area contributed by atoms with Crippen LogP contribution in [-0.2, 0) is 6.61 Å². The number of benzene rings is 1. The number of carbonyl (C=O) groups excluding carboxylic acids is 2. The number of nitrogens with one attached hydrogen (secondary N) is 2. The van der Waals surface area contributed by atoms with E-state index in [0.717, 1.165) is 23.7 Å². The lowest BCUT2D eigenvalue weighted by Crippen LogP contribution is -2.32. The molecule has 2 aromatic rings. The van der Waals surface area contributed by atoms with Crippen LogP contribution >= 0.6 is 27.5 Å². The van der Waals surface area contributed by atoms with Gasteiger partial charge in [0.05, 0.1) is 11.7 Å². The number of aliphatic hydroxyl groups is 2. The van der Waals surface area contributed by atoms with Crippen LogP contribution in [-0.4, -0.2) is 63.4 Å². The first-order valence-corrected chi connectivity index (χ1v) is 11.9. The molecule has 14 heteroatoms. The van der Waals surface area contributed by atoms with E-state index < -0.39 is 42.5 Å². The number of carbonyl (C=O) groups is 2.